The van der Waals surface area contributed by atoms with E-state index in [9.17, 15) is 9.18 Å². The highest BCUT2D eigenvalue weighted by Crippen LogP contribution is 2.24. The lowest BCUT2D eigenvalue weighted by molar-refractivity contribution is -0.135. The fourth-order valence-electron chi connectivity index (χ4n) is 2.65. The highest BCUT2D eigenvalue weighted by atomic mass is 19.1. The molecule has 4 nitrogen and oxygen atoms in total. The molecule has 0 radical (unpaired) electrons. The zero-order valence-corrected chi connectivity index (χ0v) is 12.4. The van der Waals surface area contributed by atoms with E-state index in [1.165, 1.54) is 12.1 Å². The van der Waals surface area contributed by atoms with Gasteiger partial charge in [-0.25, -0.2) is 4.39 Å². The Morgan fingerprint density at radius 3 is 2.76 bits per heavy atom. The van der Waals surface area contributed by atoms with Crippen LogP contribution in [0.15, 0.2) is 24.3 Å². The third-order valence-corrected chi connectivity index (χ3v) is 3.99. The minimum Gasteiger partial charge on any atom is -0.492 e. The van der Waals surface area contributed by atoms with Gasteiger partial charge in [0.05, 0.1) is 6.54 Å². The molecule has 1 saturated carbocycles. The largest absolute Gasteiger partial charge is 0.492 e. The Kier molecular flexibility index (Phi) is 5.56. The molecule has 5 heteroatoms. The summed E-state index contributed by atoms with van der Waals surface area (Å²) in [5.41, 5.74) is 5.85. The topological polar surface area (TPSA) is 55.6 Å². The zero-order chi connectivity index (χ0) is 15.2. The van der Waals surface area contributed by atoms with E-state index in [-0.39, 0.29) is 23.7 Å². The van der Waals surface area contributed by atoms with Crippen molar-refractivity contribution in [1.29, 1.82) is 0 Å². The normalized spacial score (nSPS) is 21.9. The third kappa shape index (κ3) is 4.70. The molecule has 1 aliphatic rings. The molecule has 1 aliphatic carbocycles. The summed E-state index contributed by atoms with van der Waals surface area (Å²) in [7, 11) is 1.78. The summed E-state index contributed by atoms with van der Waals surface area (Å²) >= 11 is 0. The summed E-state index contributed by atoms with van der Waals surface area (Å²) in [6.07, 6.45) is 3.58. The Morgan fingerprint density at radius 1 is 1.38 bits per heavy atom. The molecule has 1 aromatic carbocycles. The average molecular weight is 294 g/mol. The van der Waals surface area contributed by atoms with Crippen LogP contribution in [-0.2, 0) is 4.79 Å². The van der Waals surface area contributed by atoms with Gasteiger partial charge in [-0.05, 0) is 37.8 Å². The number of nitrogens with zero attached hydrogens (tertiary/aromatic N) is 1. The first-order chi connectivity index (χ1) is 10.1. The van der Waals surface area contributed by atoms with Crippen LogP contribution in [0, 0.1) is 11.7 Å². The molecule has 0 saturated heterocycles. The number of carbonyl (C=O) groups is 1. The molecule has 0 unspecified atom stereocenters. The van der Waals surface area contributed by atoms with Gasteiger partial charge in [0.25, 0.3) is 0 Å². The Labute approximate surface area is 125 Å². The first-order valence-electron chi connectivity index (χ1n) is 7.45. The number of carbonyl (C=O) groups excluding carboxylic acids is 1. The van der Waals surface area contributed by atoms with Crippen LogP contribution in [0.5, 0.6) is 5.75 Å². The van der Waals surface area contributed by atoms with Crippen LogP contribution in [0.2, 0.25) is 0 Å². The summed E-state index contributed by atoms with van der Waals surface area (Å²) in [6.45, 7) is 0.857. The van der Waals surface area contributed by atoms with Crippen molar-refractivity contribution in [2.45, 2.75) is 31.7 Å². The SMILES string of the molecule is CN(CCOc1cccc(F)c1)C(=O)C1CCC(N)CC1. The second kappa shape index (κ2) is 7.41. The number of hydrogen-bond donors (Lipinski definition) is 1. The number of hydrogen-bond acceptors (Lipinski definition) is 3. The molecule has 0 bridgehead atoms. The third-order valence-electron chi connectivity index (χ3n) is 3.99. The molecule has 21 heavy (non-hydrogen) atoms. The Hall–Kier alpha value is -1.62. The Bertz CT molecular complexity index is 473. The van der Waals surface area contributed by atoms with E-state index in [0.29, 0.717) is 18.9 Å². The molecular weight excluding hydrogens is 271 g/mol. The average Bonchev–Trinajstić information content (AvgIpc) is 2.47. The summed E-state index contributed by atoms with van der Waals surface area (Å²) in [5, 5.41) is 0. The van der Waals surface area contributed by atoms with Crippen LogP contribution in [-0.4, -0.2) is 37.0 Å². The van der Waals surface area contributed by atoms with Gasteiger partial charge in [-0.2, -0.15) is 0 Å². The van der Waals surface area contributed by atoms with Gasteiger partial charge in [-0.1, -0.05) is 6.07 Å². The van der Waals surface area contributed by atoms with Crippen molar-refractivity contribution in [1.82, 2.24) is 4.90 Å². The van der Waals surface area contributed by atoms with E-state index in [0.717, 1.165) is 25.7 Å². The predicted octanol–water partition coefficient (Wildman–Crippen LogP) is 2.18. The van der Waals surface area contributed by atoms with E-state index in [1.54, 1.807) is 24.1 Å². The number of likely N-dealkylation sites (N-methyl/N-ethyl adjacent to an activating group) is 1. The lowest BCUT2D eigenvalue weighted by atomic mass is 9.85. The quantitative estimate of drug-likeness (QED) is 0.905. The van der Waals surface area contributed by atoms with Crippen molar-refractivity contribution in [3.8, 4) is 5.75 Å². The smallest absolute Gasteiger partial charge is 0.225 e. The van der Waals surface area contributed by atoms with Crippen molar-refractivity contribution in [2.24, 2.45) is 11.7 Å². The minimum absolute atomic E-state index is 0.0870. The maximum atomic E-state index is 13.0. The van der Waals surface area contributed by atoms with Crippen LogP contribution < -0.4 is 10.5 Å². The first kappa shape index (κ1) is 15.8. The van der Waals surface area contributed by atoms with Gasteiger partial charge in [0.15, 0.2) is 0 Å². The van der Waals surface area contributed by atoms with Gasteiger partial charge in [0, 0.05) is 25.1 Å². The van der Waals surface area contributed by atoms with E-state index in [2.05, 4.69) is 0 Å². The summed E-state index contributed by atoms with van der Waals surface area (Å²) in [5.74, 6) is 0.406. The maximum Gasteiger partial charge on any atom is 0.225 e. The van der Waals surface area contributed by atoms with Gasteiger partial charge in [-0.15, -0.1) is 0 Å². The van der Waals surface area contributed by atoms with Crippen molar-refractivity contribution in [3.63, 3.8) is 0 Å². The summed E-state index contributed by atoms with van der Waals surface area (Å²) in [4.78, 5) is 14.0. The molecule has 1 aromatic rings. The number of nitrogens with two attached hydrogens (primary N) is 1. The molecule has 0 atom stereocenters. The van der Waals surface area contributed by atoms with Crippen LogP contribution in [0.25, 0.3) is 0 Å². The Balaban J connectivity index is 1.74. The molecule has 0 aromatic heterocycles. The highest BCUT2D eigenvalue weighted by molar-refractivity contribution is 5.78. The number of benzene rings is 1. The number of halogens is 1. The molecule has 0 aliphatic heterocycles. The van der Waals surface area contributed by atoms with Gasteiger partial charge >= 0.3 is 0 Å². The van der Waals surface area contributed by atoms with E-state index in [1.807, 2.05) is 0 Å². The molecule has 116 valence electrons. The molecule has 0 heterocycles. The van der Waals surface area contributed by atoms with Gasteiger partial charge < -0.3 is 15.4 Å². The van der Waals surface area contributed by atoms with Gasteiger partial charge in [0.1, 0.15) is 18.2 Å². The van der Waals surface area contributed by atoms with Crippen molar-refractivity contribution in [2.75, 3.05) is 20.2 Å². The van der Waals surface area contributed by atoms with Crippen LogP contribution >= 0.6 is 0 Å². The van der Waals surface area contributed by atoms with Crippen LogP contribution in [0.1, 0.15) is 25.7 Å². The van der Waals surface area contributed by atoms with Gasteiger partial charge in [0.2, 0.25) is 5.91 Å². The summed E-state index contributed by atoms with van der Waals surface area (Å²) in [6, 6.07) is 6.26. The van der Waals surface area contributed by atoms with E-state index in [4.69, 9.17) is 10.5 Å². The minimum atomic E-state index is -0.324. The molecule has 1 fully saturated rings. The monoisotopic (exact) mass is 294 g/mol. The molecule has 2 rings (SSSR count). The van der Waals surface area contributed by atoms with Crippen LogP contribution in [0.4, 0.5) is 4.39 Å². The maximum absolute atomic E-state index is 13.0. The lowest BCUT2D eigenvalue weighted by Crippen LogP contribution is -2.39. The predicted molar refractivity (Wildman–Crippen MR) is 79.5 cm³/mol. The molecule has 0 spiro atoms. The molecular formula is C16H23FN2O2. The Morgan fingerprint density at radius 2 is 2.10 bits per heavy atom. The standard InChI is InChI=1S/C16H23FN2O2/c1-19(16(20)12-5-7-14(18)8-6-12)9-10-21-15-4-2-3-13(17)11-15/h2-4,11-12,14H,5-10,18H2,1H3. The van der Waals surface area contributed by atoms with Crippen molar-refractivity contribution >= 4 is 5.91 Å². The zero-order valence-electron chi connectivity index (χ0n) is 12.4. The molecule has 2 N–H and O–H groups in total. The summed E-state index contributed by atoms with van der Waals surface area (Å²) < 4.78 is 18.5. The second-order valence-electron chi connectivity index (χ2n) is 5.68. The van der Waals surface area contributed by atoms with Crippen molar-refractivity contribution < 1.29 is 13.9 Å². The number of amides is 1. The second-order valence-corrected chi connectivity index (χ2v) is 5.68. The highest BCUT2D eigenvalue weighted by Gasteiger charge is 2.26. The van der Waals surface area contributed by atoms with Crippen LogP contribution in [0.3, 0.4) is 0 Å². The molecule has 1 amide bonds. The number of rotatable bonds is 5. The fraction of sp³-hybridized carbons (Fsp3) is 0.562. The van der Waals surface area contributed by atoms with Gasteiger partial charge in [-0.3, -0.25) is 4.79 Å². The lowest BCUT2D eigenvalue weighted by Gasteiger charge is -2.28. The van der Waals surface area contributed by atoms with Crippen molar-refractivity contribution in [3.05, 3.63) is 30.1 Å². The number of ether oxygens (including phenoxy) is 1. The van der Waals surface area contributed by atoms with E-state index < -0.39 is 0 Å². The first-order valence-corrected chi connectivity index (χ1v) is 7.45. The fourth-order valence-corrected chi connectivity index (χ4v) is 2.65. The van der Waals surface area contributed by atoms with E-state index >= 15 is 0 Å².